The first-order chi connectivity index (χ1) is 6.72. The van der Waals surface area contributed by atoms with Gasteiger partial charge in [0.2, 0.25) is 5.88 Å². The molecule has 1 aromatic rings. The van der Waals surface area contributed by atoms with Crippen molar-refractivity contribution >= 4 is 0 Å². The van der Waals surface area contributed by atoms with Crippen molar-refractivity contribution in [2.24, 2.45) is 0 Å². The van der Waals surface area contributed by atoms with Gasteiger partial charge in [0.05, 0.1) is 24.6 Å². The van der Waals surface area contributed by atoms with Gasteiger partial charge < -0.3 is 9.84 Å². The molecule has 0 aromatic carbocycles. The topological polar surface area (TPSA) is 55.2 Å². The van der Waals surface area contributed by atoms with Crippen molar-refractivity contribution in [2.75, 3.05) is 6.61 Å². The summed E-state index contributed by atoms with van der Waals surface area (Å²) in [4.78, 5) is 8.20. The van der Waals surface area contributed by atoms with Crippen molar-refractivity contribution in [3.63, 3.8) is 0 Å². The molecule has 0 radical (unpaired) electrons. The number of rotatable bonds is 5. The molecule has 4 heteroatoms. The van der Waals surface area contributed by atoms with E-state index in [9.17, 15) is 0 Å². The largest absolute Gasteiger partial charge is 0.477 e. The van der Waals surface area contributed by atoms with Crippen molar-refractivity contribution in [3.05, 3.63) is 18.1 Å². The van der Waals surface area contributed by atoms with Gasteiger partial charge in [0.15, 0.2) is 0 Å². The summed E-state index contributed by atoms with van der Waals surface area (Å²) in [5.41, 5.74) is 0.758. The van der Waals surface area contributed by atoms with Crippen LogP contribution >= 0.6 is 0 Å². The van der Waals surface area contributed by atoms with Crippen LogP contribution in [0.4, 0.5) is 0 Å². The summed E-state index contributed by atoms with van der Waals surface area (Å²) >= 11 is 0. The van der Waals surface area contributed by atoms with E-state index < -0.39 is 6.10 Å². The number of hydrogen-bond donors (Lipinski definition) is 1. The molecule has 0 spiro atoms. The van der Waals surface area contributed by atoms with E-state index in [4.69, 9.17) is 9.84 Å². The molecule has 0 saturated carbocycles. The third-order valence-corrected chi connectivity index (χ3v) is 1.62. The van der Waals surface area contributed by atoms with Crippen LogP contribution in [0.1, 0.15) is 26.0 Å². The number of aliphatic hydroxyl groups excluding tert-OH is 1. The lowest BCUT2D eigenvalue weighted by atomic mass is 10.2. The van der Waals surface area contributed by atoms with Crippen LogP contribution in [0.15, 0.2) is 12.4 Å². The van der Waals surface area contributed by atoms with Gasteiger partial charge in [-0.15, -0.1) is 0 Å². The molecule has 1 atom stereocenters. The molecule has 0 bridgehead atoms. The fourth-order valence-corrected chi connectivity index (χ4v) is 1.06. The summed E-state index contributed by atoms with van der Waals surface area (Å²) in [6.07, 6.45) is 4.29. The standard InChI is InChI=1S/C10H16N2O2/c1-3-4-14-10-7-11-6-9(12-10)5-8(2)13/h6-8,13H,3-5H2,1-2H3. The number of nitrogens with zero attached hydrogens (tertiary/aromatic N) is 2. The minimum absolute atomic E-state index is 0.397. The lowest BCUT2D eigenvalue weighted by Crippen LogP contribution is -2.07. The zero-order valence-electron chi connectivity index (χ0n) is 8.60. The molecule has 1 unspecified atom stereocenters. The van der Waals surface area contributed by atoms with Crippen LogP contribution in [0.2, 0.25) is 0 Å². The minimum Gasteiger partial charge on any atom is -0.477 e. The van der Waals surface area contributed by atoms with Gasteiger partial charge >= 0.3 is 0 Å². The number of aromatic nitrogens is 2. The molecule has 1 aromatic heterocycles. The van der Waals surface area contributed by atoms with Gasteiger partial charge in [0.1, 0.15) is 0 Å². The van der Waals surface area contributed by atoms with Crippen LogP contribution in [0.25, 0.3) is 0 Å². The highest BCUT2D eigenvalue weighted by molar-refractivity contribution is 5.08. The van der Waals surface area contributed by atoms with Gasteiger partial charge in [-0.05, 0) is 13.3 Å². The van der Waals surface area contributed by atoms with Crippen LogP contribution in [0, 0.1) is 0 Å². The van der Waals surface area contributed by atoms with E-state index in [-0.39, 0.29) is 0 Å². The first kappa shape index (κ1) is 10.9. The third-order valence-electron chi connectivity index (χ3n) is 1.62. The van der Waals surface area contributed by atoms with Gasteiger partial charge in [0.25, 0.3) is 0 Å². The van der Waals surface area contributed by atoms with Gasteiger partial charge in [-0.1, -0.05) is 6.92 Å². The van der Waals surface area contributed by atoms with Crippen LogP contribution in [-0.4, -0.2) is 27.8 Å². The highest BCUT2D eigenvalue weighted by Crippen LogP contribution is 2.07. The molecular formula is C10H16N2O2. The summed E-state index contributed by atoms with van der Waals surface area (Å²) in [6.45, 7) is 4.40. The average molecular weight is 196 g/mol. The highest BCUT2D eigenvalue weighted by atomic mass is 16.5. The molecule has 0 amide bonds. The maximum absolute atomic E-state index is 9.16. The predicted octanol–water partition coefficient (Wildman–Crippen LogP) is 1.19. The smallest absolute Gasteiger partial charge is 0.232 e. The van der Waals surface area contributed by atoms with E-state index in [1.54, 1.807) is 19.3 Å². The minimum atomic E-state index is -0.397. The molecule has 1 N–H and O–H groups in total. The molecule has 0 aliphatic rings. The first-order valence-corrected chi connectivity index (χ1v) is 4.84. The summed E-state index contributed by atoms with van der Waals surface area (Å²) in [5, 5.41) is 9.16. The Morgan fingerprint density at radius 1 is 1.50 bits per heavy atom. The lowest BCUT2D eigenvalue weighted by molar-refractivity contribution is 0.193. The van der Waals surface area contributed by atoms with Crippen molar-refractivity contribution in [1.29, 1.82) is 0 Å². The SMILES string of the molecule is CCCOc1cncc(CC(C)O)n1. The normalized spacial score (nSPS) is 12.5. The van der Waals surface area contributed by atoms with Crippen molar-refractivity contribution in [1.82, 2.24) is 9.97 Å². The van der Waals surface area contributed by atoms with E-state index in [1.165, 1.54) is 0 Å². The Morgan fingerprint density at radius 2 is 2.29 bits per heavy atom. The van der Waals surface area contributed by atoms with Crippen molar-refractivity contribution < 1.29 is 9.84 Å². The van der Waals surface area contributed by atoms with Crippen LogP contribution < -0.4 is 4.74 Å². The van der Waals surface area contributed by atoms with Crippen LogP contribution in [0.3, 0.4) is 0 Å². The van der Waals surface area contributed by atoms with Gasteiger partial charge in [0, 0.05) is 12.6 Å². The zero-order chi connectivity index (χ0) is 10.4. The number of ether oxygens (including phenoxy) is 1. The molecule has 0 aliphatic carbocycles. The Morgan fingerprint density at radius 3 is 2.93 bits per heavy atom. The first-order valence-electron chi connectivity index (χ1n) is 4.84. The Bertz CT molecular complexity index is 277. The molecule has 78 valence electrons. The summed E-state index contributed by atoms with van der Waals surface area (Å²) in [6, 6.07) is 0. The summed E-state index contributed by atoms with van der Waals surface area (Å²) < 4.78 is 5.32. The number of aliphatic hydroxyl groups is 1. The maximum Gasteiger partial charge on any atom is 0.232 e. The Labute approximate surface area is 84.0 Å². The molecule has 1 rings (SSSR count). The molecule has 1 heterocycles. The molecule has 4 nitrogen and oxygen atoms in total. The fourth-order valence-electron chi connectivity index (χ4n) is 1.06. The van der Waals surface area contributed by atoms with E-state index in [2.05, 4.69) is 9.97 Å². The highest BCUT2D eigenvalue weighted by Gasteiger charge is 2.02. The monoisotopic (exact) mass is 196 g/mol. The second kappa shape index (κ2) is 5.54. The zero-order valence-corrected chi connectivity index (χ0v) is 8.60. The second-order valence-electron chi connectivity index (χ2n) is 3.25. The van der Waals surface area contributed by atoms with E-state index in [1.807, 2.05) is 6.92 Å². The molecule has 0 saturated heterocycles. The number of hydrogen-bond acceptors (Lipinski definition) is 4. The molecular weight excluding hydrogens is 180 g/mol. The average Bonchev–Trinajstić information content (AvgIpc) is 2.14. The van der Waals surface area contributed by atoms with E-state index in [0.717, 1.165) is 12.1 Å². The Kier molecular flexibility index (Phi) is 4.32. The molecule has 0 aliphatic heterocycles. The van der Waals surface area contributed by atoms with Gasteiger partial charge in [-0.2, -0.15) is 0 Å². The summed E-state index contributed by atoms with van der Waals surface area (Å²) in [5.74, 6) is 0.532. The lowest BCUT2D eigenvalue weighted by Gasteiger charge is -2.06. The van der Waals surface area contributed by atoms with E-state index >= 15 is 0 Å². The molecule has 0 fully saturated rings. The fraction of sp³-hybridized carbons (Fsp3) is 0.600. The Hall–Kier alpha value is -1.16. The third kappa shape index (κ3) is 3.70. The quantitative estimate of drug-likeness (QED) is 0.768. The van der Waals surface area contributed by atoms with Crippen molar-refractivity contribution in [3.8, 4) is 5.88 Å². The maximum atomic E-state index is 9.16. The van der Waals surface area contributed by atoms with Gasteiger partial charge in [-0.3, -0.25) is 4.98 Å². The van der Waals surface area contributed by atoms with Crippen LogP contribution in [-0.2, 0) is 6.42 Å². The van der Waals surface area contributed by atoms with Gasteiger partial charge in [-0.25, -0.2) is 4.98 Å². The van der Waals surface area contributed by atoms with Crippen molar-refractivity contribution in [2.45, 2.75) is 32.8 Å². The predicted molar refractivity (Wildman–Crippen MR) is 53.2 cm³/mol. The van der Waals surface area contributed by atoms with Crippen LogP contribution in [0.5, 0.6) is 5.88 Å². The Balaban J connectivity index is 2.59. The summed E-state index contributed by atoms with van der Waals surface area (Å²) in [7, 11) is 0. The van der Waals surface area contributed by atoms with E-state index in [0.29, 0.717) is 18.9 Å². The second-order valence-corrected chi connectivity index (χ2v) is 3.25. The molecule has 14 heavy (non-hydrogen) atoms.